The molecule has 0 atom stereocenters. The van der Waals surface area contributed by atoms with Crippen molar-refractivity contribution in [1.82, 2.24) is 0 Å². The molecule has 0 saturated carbocycles. The normalized spacial score (nSPS) is 12.9. The van der Waals surface area contributed by atoms with Gasteiger partial charge >= 0.3 is 11.9 Å². The minimum absolute atomic E-state index is 0.200. The van der Waals surface area contributed by atoms with Crippen molar-refractivity contribution in [2.75, 3.05) is 0 Å². The molecule has 224 valence electrons. The predicted molar refractivity (Wildman–Crippen MR) is 167 cm³/mol. The van der Waals surface area contributed by atoms with Gasteiger partial charge in [0.1, 0.15) is 11.5 Å². The van der Waals surface area contributed by atoms with Crippen LogP contribution in [0, 0.1) is 0 Å². The molecule has 0 amide bonds. The Balaban J connectivity index is 1.37. The van der Waals surface area contributed by atoms with Gasteiger partial charge in [0.2, 0.25) is 11.2 Å². The van der Waals surface area contributed by atoms with Crippen LogP contribution in [-0.2, 0) is 19.1 Å². The van der Waals surface area contributed by atoms with Crippen molar-refractivity contribution in [2.45, 2.75) is 38.9 Å². The average molecular weight is 632 g/mol. The zero-order chi connectivity index (χ0) is 32.1. The maximum absolute atomic E-state index is 13.0. The van der Waals surface area contributed by atoms with E-state index in [1.165, 1.54) is 45.9 Å². The minimum atomic E-state index is -1.59. The largest absolute Gasteiger partial charge is 0.476 e. The fraction of sp³-hybridized carbons (Fsp3) is 0.171. The van der Waals surface area contributed by atoms with Crippen LogP contribution >= 0.6 is 23.2 Å². The lowest BCUT2D eigenvalue weighted by molar-refractivity contribution is -0.180. The topological polar surface area (TPSA) is 96.0 Å². The number of halogens is 2. The first-order valence-electron chi connectivity index (χ1n) is 13.4. The Hall–Kier alpha value is -4.68. The summed E-state index contributed by atoms with van der Waals surface area (Å²) in [6, 6.07) is 19.3. The maximum atomic E-state index is 13.0. The zero-order valence-electron chi connectivity index (χ0n) is 24.4. The van der Waals surface area contributed by atoms with E-state index in [1.54, 1.807) is 78.9 Å². The highest BCUT2D eigenvalue weighted by molar-refractivity contribution is 6.31. The van der Waals surface area contributed by atoms with Crippen LogP contribution in [-0.4, -0.2) is 34.7 Å². The van der Waals surface area contributed by atoms with E-state index in [9.17, 15) is 19.2 Å². The number of carbonyl (C=O) groups is 4. The van der Waals surface area contributed by atoms with Crippen LogP contribution in [0.1, 0.15) is 54.0 Å². The number of ketones is 2. The zero-order valence-corrected chi connectivity index (χ0v) is 25.9. The van der Waals surface area contributed by atoms with Gasteiger partial charge in [0, 0.05) is 38.4 Å². The van der Waals surface area contributed by atoms with E-state index in [4.69, 9.17) is 37.4 Å². The highest BCUT2D eigenvalue weighted by Gasteiger charge is 2.40. The van der Waals surface area contributed by atoms with E-state index in [2.05, 4.69) is 5.73 Å². The fourth-order valence-corrected chi connectivity index (χ4v) is 4.15. The summed E-state index contributed by atoms with van der Waals surface area (Å²) in [7, 11) is 0. The second kappa shape index (κ2) is 13.3. The Morgan fingerprint density at radius 3 is 1.57 bits per heavy atom. The highest BCUT2D eigenvalue weighted by atomic mass is 35.5. The van der Waals surface area contributed by atoms with Crippen LogP contribution in [0.3, 0.4) is 0 Å². The Bertz CT molecular complexity index is 1720. The SMILES string of the molecule is CC(C)(OC1=CC=C(C(=O)c2ccc(Cl)cc2)C=C=C1)C(=O)OC(=O)C(C)(C)Oc1ccc(C(=O)c2ccc(Cl)cc2)cc1. The third-order valence-electron chi connectivity index (χ3n) is 6.40. The molecular formula is C35H28Cl2O7. The number of benzene rings is 3. The molecule has 7 nitrogen and oxygen atoms in total. The van der Waals surface area contributed by atoms with Crippen molar-refractivity contribution < 1.29 is 33.4 Å². The summed E-state index contributed by atoms with van der Waals surface area (Å²) in [5.41, 5.74) is 1.41. The van der Waals surface area contributed by atoms with Gasteiger partial charge in [-0.05, 0) is 119 Å². The van der Waals surface area contributed by atoms with Gasteiger partial charge in [-0.2, -0.15) is 0 Å². The van der Waals surface area contributed by atoms with E-state index in [1.807, 2.05) is 0 Å². The highest BCUT2D eigenvalue weighted by Crippen LogP contribution is 2.25. The molecule has 9 heteroatoms. The van der Waals surface area contributed by atoms with Gasteiger partial charge in [-0.1, -0.05) is 23.2 Å². The van der Waals surface area contributed by atoms with Gasteiger partial charge in [-0.3, -0.25) is 9.59 Å². The van der Waals surface area contributed by atoms with Crippen LogP contribution in [0.25, 0.3) is 0 Å². The smallest absolute Gasteiger partial charge is 0.357 e. The van der Waals surface area contributed by atoms with Gasteiger partial charge < -0.3 is 14.2 Å². The first-order chi connectivity index (χ1) is 20.7. The molecule has 0 spiro atoms. The van der Waals surface area contributed by atoms with E-state index < -0.39 is 23.1 Å². The summed E-state index contributed by atoms with van der Waals surface area (Å²) < 4.78 is 16.8. The quantitative estimate of drug-likeness (QED) is 0.0981. The lowest BCUT2D eigenvalue weighted by atomic mass is 10.0. The first kappa shape index (κ1) is 32.2. The van der Waals surface area contributed by atoms with E-state index in [0.717, 1.165) is 0 Å². The summed E-state index contributed by atoms with van der Waals surface area (Å²) in [5, 5.41) is 1.04. The fourth-order valence-electron chi connectivity index (χ4n) is 3.90. The summed E-state index contributed by atoms with van der Waals surface area (Å²) in [6.07, 6.45) is 6.02. The summed E-state index contributed by atoms with van der Waals surface area (Å²) in [6.45, 7) is 5.79. The molecule has 3 aromatic rings. The molecule has 0 N–H and O–H groups in total. The number of carbonyl (C=O) groups excluding carboxylic acids is 4. The van der Waals surface area contributed by atoms with Crippen molar-refractivity contribution >= 4 is 46.7 Å². The lowest BCUT2D eigenvalue weighted by Gasteiger charge is -2.27. The molecular weight excluding hydrogens is 603 g/mol. The van der Waals surface area contributed by atoms with Crippen molar-refractivity contribution in [3.8, 4) is 5.75 Å². The van der Waals surface area contributed by atoms with Crippen molar-refractivity contribution in [2.24, 2.45) is 0 Å². The lowest BCUT2D eigenvalue weighted by Crippen LogP contribution is -2.45. The van der Waals surface area contributed by atoms with E-state index in [0.29, 0.717) is 38.1 Å². The molecule has 0 unspecified atom stereocenters. The third kappa shape index (κ3) is 8.03. The molecule has 1 aliphatic carbocycles. The number of hydrogen-bond donors (Lipinski definition) is 0. The number of allylic oxidation sites excluding steroid dienone is 4. The molecule has 44 heavy (non-hydrogen) atoms. The summed E-state index contributed by atoms with van der Waals surface area (Å²) >= 11 is 11.8. The standard InChI is InChI=1S/C35H28Cl2O7/c1-34(2,43-28-7-5-6-22(12-19-28)30(38)23-8-15-26(36)16-9-23)32(40)42-33(41)35(3,4)44-29-20-13-25(14-21-29)31(39)24-10-17-27(37)18-11-24/h6-21H,1-4H3. The van der Waals surface area contributed by atoms with Gasteiger partial charge in [0.05, 0.1) is 0 Å². The second-order valence-electron chi connectivity index (χ2n) is 10.7. The van der Waals surface area contributed by atoms with Crippen LogP contribution in [0.2, 0.25) is 10.0 Å². The molecule has 3 aromatic carbocycles. The average Bonchev–Trinajstić information content (AvgIpc) is 3.22. The molecule has 0 fully saturated rings. The predicted octanol–water partition coefficient (Wildman–Crippen LogP) is 7.66. The van der Waals surface area contributed by atoms with Gasteiger partial charge in [-0.25, -0.2) is 9.59 Å². The molecule has 0 aromatic heterocycles. The van der Waals surface area contributed by atoms with Crippen LogP contribution in [0.5, 0.6) is 5.75 Å². The number of Topliss-reactive ketones (excluding diaryl/α,β-unsaturated/α-hetero) is 1. The van der Waals surface area contributed by atoms with Crippen LogP contribution < -0.4 is 4.74 Å². The van der Waals surface area contributed by atoms with E-state index in [-0.39, 0.29) is 17.3 Å². The summed E-state index contributed by atoms with van der Waals surface area (Å²) in [4.78, 5) is 51.5. The molecule has 0 heterocycles. The molecule has 4 rings (SSSR count). The Morgan fingerprint density at radius 2 is 1.05 bits per heavy atom. The molecule has 1 aliphatic rings. The van der Waals surface area contributed by atoms with Gasteiger partial charge in [0.25, 0.3) is 0 Å². The van der Waals surface area contributed by atoms with Gasteiger partial charge in [0.15, 0.2) is 11.6 Å². The van der Waals surface area contributed by atoms with Crippen molar-refractivity contribution in [3.63, 3.8) is 0 Å². The van der Waals surface area contributed by atoms with Crippen molar-refractivity contribution in [1.29, 1.82) is 0 Å². The Morgan fingerprint density at radius 1 is 0.591 bits per heavy atom. The molecule has 0 radical (unpaired) electrons. The van der Waals surface area contributed by atoms with Crippen LogP contribution in [0.15, 0.2) is 114 Å². The second-order valence-corrected chi connectivity index (χ2v) is 11.6. The Kier molecular flexibility index (Phi) is 9.75. The van der Waals surface area contributed by atoms with Gasteiger partial charge in [-0.15, -0.1) is 5.73 Å². The van der Waals surface area contributed by atoms with Crippen molar-refractivity contribution in [3.05, 3.63) is 141 Å². The number of hydrogen-bond acceptors (Lipinski definition) is 7. The minimum Gasteiger partial charge on any atom is -0.476 e. The molecule has 0 bridgehead atoms. The first-order valence-corrected chi connectivity index (χ1v) is 14.2. The molecule has 0 aliphatic heterocycles. The summed E-state index contributed by atoms with van der Waals surface area (Å²) in [5.74, 6) is -1.83. The monoisotopic (exact) mass is 630 g/mol. The number of ether oxygens (including phenoxy) is 3. The number of rotatable bonds is 10. The van der Waals surface area contributed by atoms with Crippen LogP contribution in [0.4, 0.5) is 0 Å². The molecule has 0 saturated heterocycles. The maximum Gasteiger partial charge on any atom is 0.357 e. The Labute approximate surface area is 265 Å². The third-order valence-corrected chi connectivity index (χ3v) is 6.90. The number of esters is 2. The van der Waals surface area contributed by atoms with E-state index >= 15 is 0 Å².